The molecule has 0 aliphatic rings. The Bertz CT molecular complexity index is 873. The molecule has 0 aliphatic carbocycles. The zero-order chi connectivity index (χ0) is 18.4. The summed E-state index contributed by atoms with van der Waals surface area (Å²) in [5.41, 5.74) is 5.10. The van der Waals surface area contributed by atoms with E-state index in [-0.39, 0.29) is 12.6 Å². The molecule has 0 bridgehead atoms. The lowest BCUT2D eigenvalue weighted by Gasteiger charge is -2.09. The summed E-state index contributed by atoms with van der Waals surface area (Å²) in [6.45, 7) is 4.36. The van der Waals surface area contributed by atoms with Crippen LogP contribution in [0.1, 0.15) is 32.6 Å². The average molecular weight is 363 g/mol. The molecule has 3 aromatic rings. The molecule has 0 radical (unpaired) electrons. The Labute approximate surface area is 158 Å². The third-order valence-electron chi connectivity index (χ3n) is 3.98. The van der Waals surface area contributed by atoms with Crippen molar-refractivity contribution in [2.24, 2.45) is 0 Å². The van der Waals surface area contributed by atoms with E-state index in [0.29, 0.717) is 10.6 Å². The lowest BCUT2D eigenvalue weighted by Crippen LogP contribution is -2.07. The van der Waals surface area contributed by atoms with Gasteiger partial charge in [-0.3, -0.25) is 0 Å². The number of carbonyl (C=O) groups excluding carboxylic acids is 1. The van der Waals surface area contributed by atoms with Gasteiger partial charge in [-0.25, -0.2) is 9.78 Å². The normalized spacial score (nSPS) is 10.5. The molecule has 132 valence electrons. The number of ether oxygens (including phenoxy) is 1. The van der Waals surface area contributed by atoms with Crippen LogP contribution in [0.4, 0.5) is 0 Å². The van der Waals surface area contributed by atoms with Crippen LogP contribution < -0.4 is 0 Å². The first kappa shape index (κ1) is 18.2. The molecule has 1 aromatic heterocycles. The summed E-state index contributed by atoms with van der Waals surface area (Å²) in [5, 5.41) is 0.696. The van der Waals surface area contributed by atoms with E-state index in [1.807, 2.05) is 31.2 Å². The highest BCUT2D eigenvalue weighted by Crippen LogP contribution is 2.25. The van der Waals surface area contributed by atoms with E-state index in [4.69, 9.17) is 4.74 Å². The molecule has 0 amide bonds. The fraction of sp³-hybridized carbons (Fsp3) is 0.182. The van der Waals surface area contributed by atoms with Crippen LogP contribution in [0.15, 0.2) is 71.9 Å². The van der Waals surface area contributed by atoms with Crippen molar-refractivity contribution in [3.63, 3.8) is 0 Å². The van der Waals surface area contributed by atoms with E-state index < -0.39 is 0 Å². The number of hydrogen-bond donors (Lipinski definition) is 0. The number of aryl methyl sites for hydroxylation is 2. The zero-order valence-electron chi connectivity index (χ0n) is 14.9. The molecule has 0 saturated heterocycles. The third kappa shape index (κ3) is 4.96. The summed E-state index contributed by atoms with van der Waals surface area (Å²) in [6, 6.07) is 19.9. The van der Waals surface area contributed by atoms with Crippen LogP contribution >= 0.6 is 11.8 Å². The lowest BCUT2D eigenvalue weighted by molar-refractivity contribution is 0.0467. The number of rotatable bonds is 6. The molecule has 26 heavy (non-hydrogen) atoms. The number of thioether (sulfide) groups is 1. The smallest absolute Gasteiger partial charge is 0.341 e. The largest absolute Gasteiger partial charge is 0.457 e. The molecule has 1 heterocycles. The first-order valence-electron chi connectivity index (χ1n) is 8.48. The molecule has 0 fully saturated rings. The van der Waals surface area contributed by atoms with Crippen LogP contribution in [0.2, 0.25) is 0 Å². The fourth-order valence-corrected chi connectivity index (χ4v) is 3.35. The standard InChI is InChI=1S/C22H21NO2S/c1-16-5-9-18(10-6-16)14-25-22(24)20-4-3-13-23-21(20)26-15-19-11-7-17(2)8-12-19/h3-13H,14-15H2,1-2H3. The van der Waals surface area contributed by atoms with Crippen LogP contribution in [0, 0.1) is 13.8 Å². The van der Waals surface area contributed by atoms with Gasteiger partial charge in [0.1, 0.15) is 11.6 Å². The zero-order valence-corrected chi connectivity index (χ0v) is 15.8. The van der Waals surface area contributed by atoms with Gasteiger partial charge >= 0.3 is 5.97 Å². The third-order valence-corrected chi connectivity index (χ3v) is 5.05. The van der Waals surface area contributed by atoms with Crippen molar-refractivity contribution in [1.29, 1.82) is 0 Å². The van der Waals surface area contributed by atoms with Gasteiger partial charge in [-0.2, -0.15) is 0 Å². The summed E-state index contributed by atoms with van der Waals surface area (Å²) in [5.74, 6) is 0.417. The SMILES string of the molecule is Cc1ccc(COC(=O)c2cccnc2SCc2ccc(C)cc2)cc1. The number of hydrogen-bond acceptors (Lipinski definition) is 4. The number of benzene rings is 2. The van der Waals surface area contributed by atoms with E-state index in [1.54, 1.807) is 30.1 Å². The van der Waals surface area contributed by atoms with E-state index in [0.717, 1.165) is 11.3 Å². The quantitative estimate of drug-likeness (QED) is 0.437. The Hall–Kier alpha value is -2.59. The summed E-state index contributed by atoms with van der Waals surface area (Å²) in [6.07, 6.45) is 1.70. The van der Waals surface area contributed by atoms with Crippen LogP contribution in [-0.2, 0) is 17.1 Å². The second-order valence-electron chi connectivity index (χ2n) is 6.19. The molecule has 2 aromatic carbocycles. The highest BCUT2D eigenvalue weighted by molar-refractivity contribution is 7.98. The van der Waals surface area contributed by atoms with Crippen molar-refractivity contribution >= 4 is 17.7 Å². The Balaban J connectivity index is 1.64. The minimum absolute atomic E-state index is 0.260. The van der Waals surface area contributed by atoms with Gasteiger partial charge in [-0.05, 0) is 37.1 Å². The van der Waals surface area contributed by atoms with Crippen LogP contribution in [0.25, 0.3) is 0 Å². The average Bonchev–Trinajstić information content (AvgIpc) is 2.67. The van der Waals surface area contributed by atoms with Crippen molar-refractivity contribution in [3.8, 4) is 0 Å². The molecule has 0 spiro atoms. The molecule has 0 saturated carbocycles. The van der Waals surface area contributed by atoms with Crippen molar-refractivity contribution in [1.82, 2.24) is 4.98 Å². The topological polar surface area (TPSA) is 39.2 Å². The van der Waals surface area contributed by atoms with Crippen molar-refractivity contribution in [2.45, 2.75) is 31.2 Å². The van der Waals surface area contributed by atoms with Crippen molar-refractivity contribution in [3.05, 3.63) is 94.7 Å². The molecular formula is C22H21NO2S. The Morgan fingerprint density at radius 1 is 0.923 bits per heavy atom. The van der Waals surface area contributed by atoms with E-state index in [1.165, 1.54) is 16.7 Å². The Kier molecular flexibility index (Phi) is 6.08. The van der Waals surface area contributed by atoms with Gasteiger partial charge in [0.2, 0.25) is 0 Å². The predicted molar refractivity (Wildman–Crippen MR) is 105 cm³/mol. The number of carbonyl (C=O) groups is 1. The minimum atomic E-state index is -0.343. The molecule has 3 rings (SSSR count). The number of esters is 1. The van der Waals surface area contributed by atoms with Gasteiger partial charge in [-0.1, -0.05) is 59.7 Å². The second-order valence-corrected chi connectivity index (χ2v) is 7.16. The van der Waals surface area contributed by atoms with E-state index >= 15 is 0 Å². The number of pyridine rings is 1. The Morgan fingerprint density at radius 3 is 2.19 bits per heavy atom. The first-order valence-corrected chi connectivity index (χ1v) is 9.46. The molecule has 3 nitrogen and oxygen atoms in total. The predicted octanol–water partition coefficient (Wildman–Crippen LogP) is 5.35. The summed E-state index contributed by atoms with van der Waals surface area (Å²) in [4.78, 5) is 16.8. The second kappa shape index (κ2) is 8.68. The molecule has 0 unspecified atom stereocenters. The van der Waals surface area contributed by atoms with Gasteiger partial charge in [0, 0.05) is 11.9 Å². The van der Waals surface area contributed by atoms with Gasteiger partial charge in [0.25, 0.3) is 0 Å². The summed E-state index contributed by atoms with van der Waals surface area (Å²) < 4.78 is 5.47. The van der Waals surface area contributed by atoms with E-state index in [2.05, 4.69) is 36.2 Å². The number of aromatic nitrogens is 1. The highest BCUT2D eigenvalue weighted by Gasteiger charge is 2.14. The maximum Gasteiger partial charge on any atom is 0.341 e. The minimum Gasteiger partial charge on any atom is -0.457 e. The maximum absolute atomic E-state index is 12.5. The maximum atomic E-state index is 12.5. The van der Waals surface area contributed by atoms with Gasteiger partial charge in [-0.15, -0.1) is 11.8 Å². The molecular weight excluding hydrogens is 342 g/mol. The van der Waals surface area contributed by atoms with E-state index in [9.17, 15) is 4.79 Å². The molecule has 4 heteroatoms. The molecule has 0 atom stereocenters. The van der Waals surface area contributed by atoms with Crippen LogP contribution in [0.5, 0.6) is 0 Å². The monoisotopic (exact) mass is 363 g/mol. The van der Waals surface area contributed by atoms with Gasteiger partial charge < -0.3 is 4.74 Å². The summed E-state index contributed by atoms with van der Waals surface area (Å²) in [7, 11) is 0. The van der Waals surface area contributed by atoms with Crippen LogP contribution in [0.3, 0.4) is 0 Å². The summed E-state index contributed by atoms with van der Waals surface area (Å²) >= 11 is 1.55. The highest BCUT2D eigenvalue weighted by atomic mass is 32.2. The van der Waals surface area contributed by atoms with Gasteiger partial charge in [0.05, 0.1) is 5.56 Å². The Morgan fingerprint density at radius 2 is 1.54 bits per heavy atom. The molecule has 0 N–H and O–H groups in total. The fourth-order valence-electron chi connectivity index (χ4n) is 2.41. The van der Waals surface area contributed by atoms with Crippen molar-refractivity contribution in [2.75, 3.05) is 0 Å². The van der Waals surface area contributed by atoms with Crippen LogP contribution in [-0.4, -0.2) is 11.0 Å². The van der Waals surface area contributed by atoms with Gasteiger partial charge in [0.15, 0.2) is 0 Å². The first-order chi connectivity index (χ1) is 12.6. The van der Waals surface area contributed by atoms with Crippen molar-refractivity contribution < 1.29 is 9.53 Å². The molecule has 0 aliphatic heterocycles. The number of nitrogens with zero attached hydrogens (tertiary/aromatic N) is 1. The lowest BCUT2D eigenvalue weighted by atomic mass is 10.2.